The highest BCUT2D eigenvalue weighted by Gasteiger charge is 2.24. The molecule has 138 valence electrons. The summed E-state index contributed by atoms with van der Waals surface area (Å²) < 4.78 is 10.8. The van der Waals surface area contributed by atoms with E-state index in [0.717, 1.165) is 5.69 Å². The minimum absolute atomic E-state index is 0.0157. The van der Waals surface area contributed by atoms with Gasteiger partial charge < -0.3 is 19.3 Å². The number of carbonyl (C=O) groups is 1. The molecule has 0 atom stereocenters. The van der Waals surface area contributed by atoms with E-state index in [4.69, 9.17) is 32.7 Å². The Morgan fingerprint density at radius 3 is 2.12 bits per heavy atom. The minimum atomic E-state index is 0.0157. The summed E-state index contributed by atoms with van der Waals surface area (Å²) >= 11 is 12.1. The first kappa shape index (κ1) is 18.7. The fourth-order valence-electron chi connectivity index (χ4n) is 3.02. The van der Waals surface area contributed by atoms with Crippen LogP contribution in [0.1, 0.15) is 10.4 Å². The van der Waals surface area contributed by atoms with Crippen molar-refractivity contribution in [2.24, 2.45) is 0 Å². The number of piperazine rings is 1. The maximum absolute atomic E-state index is 12.6. The largest absolute Gasteiger partial charge is 0.495 e. The van der Waals surface area contributed by atoms with Crippen molar-refractivity contribution >= 4 is 34.8 Å². The standard InChI is InChI=1S/C19H20Cl2N2O3/c1-25-17-12-16(18(26-2)11-15(17)21)22-7-9-23(10-8-22)19(24)13-3-5-14(20)6-4-13/h3-6,11-12H,7-10H2,1-2H3. The van der Waals surface area contributed by atoms with Crippen LogP contribution in [0.2, 0.25) is 10.0 Å². The second-order valence-electron chi connectivity index (χ2n) is 5.94. The number of anilines is 1. The van der Waals surface area contributed by atoms with E-state index in [9.17, 15) is 4.79 Å². The molecular formula is C19H20Cl2N2O3. The van der Waals surface area contributed by atoms with Crippen LogP contribution in [0.5, 0.6) is 11.5 Å². The van der Waals surface area contributed by atoms with Crippen molar-refractivity contribution in [3.63, 3.8) is 0 Å². The van der Waals surface area contributed by atoms with Crippen LogP contribution in [0.4, 0.5) is 5.69 Å². The number of hydrogen-bond acceptors (Lipinski definition) is 4. The van der Waals surface area contributed by atoms with Gasteiger partial charge in [0.1, 0.15) is 11.5 Å². The monoisotopic (exact) mass is 394 g/mol. The normalized spacial score (nSPS) is 14.3. The zero-order valence-electron chi connectivity index (χ0n) is 14.7. The molecule has 0 spiro atoms. The molecule has 1 saturated heterocycles. The third-order valence-corrected chi connectivity index (χ3v) is 5.00. The van der Waals surface area contributed by atoms with Gasteiger partial charge in [0.2, 0.25) is 0 Å². The summed E-state index contributed by atoms with van der Waals surface area (Å²) in [6, 6.07) is 10.6. The highest BCUT2D eigenvalue weighted by Crippen LogP contribution is 2.38. The van der Waals surface area contributed by atoms with E-state index in [1.54, 1.807) is 44.6 Å². The lowest BCUT2D eigenvalue weighted by Crippen LogP contribution is -2.48. The third-order valence-electron chi connectivity index (χ3n) is 4.45. The van der Waals surface area contributed by atoms with Gasteiger partial charge in [-0.3, -0.25) is 4.79 Å². The zero-order valence-corrected chi connectivity index (χ0v) is 16.2. The van der Waals surface area contributed by atoms with Gasteiger partial charge in [0, 0.05) is 48.9 Å². The van der Waals surface area contributed by atoms with E-state index in [-0.39, 0.29) is 5.91 Å². The van der Waals surface area contributed by atoms with E-state index in [1.807, 2.05) is 11.0 Å². The quantitative estimate of drug-likeness (QED) is 0.786. The van der Waals surface area contributed by atoms with Gasteiger partial charge in [-0.05, 0) is 24.3 Å². The zero-order chi connectivity index (χ0) is 18.7. The number of amides is 1. The first-order valence-electron chi connectivity index (χ1n) is 8.25. The number of carbonyl (C=O) groups excluding carboxylic acids is 1. The molecule has 1 fully saturated rings. The smallest absolute Gasteiger partial charge is 0.253 e. The van der Waals surface area contributed by atoms with E-state index in [2.05, 4.69) is 4.90 Å². The number of ether oxygens (including phenoxy) is 2. The first-order valence-corrected chi connectivity index (χ1v) is 9.00. The average Bonchev–Trinajstić information content (AvgIpc) is 2.68. The number of nitrogens with zero attached hydrogens (tertiary/aromatic N) is 2. The van der Waals surface area contributed by atoms with E-state index < -0.39 is 0 Å². The predicted octanol–water partition coefficient (Wildman–Crippen LogP) is 3.97. The van der Waals surface area contributed by atoms with Crippen LogP contribution in [0.3, 0.4) is 0 Å². The molecule has 0 N–H and O–H groups in total. The predicted molar refractivity (Wildman–Crippen MR) is 104 cm³/mol. The van der Waals surface area contributed by atoms with Gasteiger partial charge in [0.25, 0.3) is 5.91 Å². The number of benzene rings is 2. The second-order valence-corrected chi connectivity index (χ2v) is 6.79. The van der Waals surface area contributed by atoms with E-state index in [0.29, 0.717) is 53.3 Å². The lowest BCUT2D eigenvalue weighted by molar-refractivity contribution is 0.0746. The molecule has 1 aliphatic heterocycles. The van der Waals surface area contributed by atoms with E-state index >= 15 is 0 Å². The van der Waals surface area contributed by atoms with Crippen LogP contribution in [-0.2, 0) is 0 Å². The Kier molecular flexibility index (Phi) is 5.79. The summed E-state index contributed by atoms with van der Waals surface area (Å²) in [7, 11) is 3.20. The lowest BCUT2D eigenvalue weighted by atomic mass is 10.1. The Hall–Kier alpha value is -2.11. The van der Waals surface area contributed by atoms with Gasteiger partial charge in [-0.2, -0.15) is 0 Å². The van der Waals surface area contributed by atoms with Gasteiger partial charge in [-0.1, -0.05) is 23.2 Å². The SMILES string of the molecule is COc1cc(N2CCN(C(=O)c3ccc(Cl)cc3)CC2)c(OC)cc1Cl. The lowest BCUT2D eigenvalue weighted by Gasteiger charge is -2.36. The number of rotatable bonds is 4. The molecule has 0 unspecified atom stereocenters. The third kappa shape index (κ3) is 3.84. The van der Waals surface area contributed by atoms with Crippen molar-refractivity contribution in [1.82, 2.24) is 4.90 Å². The van der Waals surface area contributed by atoms with Crippen molar-refractivity contribution in [2.75, 3.05) is 45.3 Å². The Bertz CT molecular complexity index is 788. The second kappa shape index (κ2) is 8.06. The summed E-state index contributed by atoms with van der Waals surface area (Å²) in [5.41, 5.74) is 1.56. The molecule has 0 bridgehead atoms. The molecule has 5 nitrogen and oxygen atoms in total. The fourth-order valence-corrected chi connectivity index (χ4v) is 3.37. The molecule has 2 aromatic rings. The molecule has 1 heterocycles. The van der Waals surface area contributed by atoms with Crippen molar-refractivity contribution in [2.45, 2.75) is 0 Å². The molecule has 2 aromatic carbocycles. The topological polar surface area (TPSA) is 42.0 Å². The van der Waals surface area contributed by atoms with Crippen LogP contribution in [-0.4, -0.2) is 51.2 Å². The van der Waals surface area contributed by atoms with Crippen LogP contribution in [0.25, 0.3) is 0 Å². The molecule has 1 amide bonds. The molecule has 0 aromatic heterocycles. The Morgan fingerprint density at radius 2 is 1.54 bits per heavy atom. The van der Waals surface area contributed by atoms with Gasteiger partial charge in [-0.15, -0.1) is 0 Å². The molecule has 26 heavy (non-hydrogen) atoms. The molecule has 7 heteroatoms. The maximum atomic E-state index is 12.6. The van der Waals surface area contributed by atoms with Crippen LogP contribution in [0.15, 0.2) is 36.4 Å². The highest BCUT2D eigenvalue weighted by molar-refractivity contribution is 6.32. The summed E-state index contributed by atoms with van der Waals surface area (Å²) in [6.45, 7) is 2.63. The number of halogens is 2. The molecule has 0 aliphatic carbocycles. The summed E-state index contributed by atoms with van der Waals surface area (Å²) in [4.78, 5) is 16.6. The van der Waals surface area contributed by atoms with Gasteiger partial charge >= 0.3 is 0 Å². The van der Waals surface area contributed by atoms with Crippen LogP contribution < -0.4 is 14.4 Å². The average molecular weight is 395 g/mol. The van der Waals surface area contributed by atoms with Gasteiger partial charge in [0.05, 0.1) is 24.9 Å². The molecule has 1 aliphatic rings. The van der Waals surface area contributed by atoms with Crippen molar-refractivity contribution < 1.29 is 14.3 Å². The molecule has 3 rings (SSSR count). The van der Waals surface area contributed by atoms with E-state index in [1.165, 1.54) is 0 Å². The minimum Gasteiger partial charge on any atom is -0.495 e. The summed E-state index contributed by atoms with van der Waals surface area (Å²) in [5, 5.41) is 1.12. The Balaban J connectivity index is 1.72. The Labute approximate surface area is 163 Å². The summed E-state index contributed by atoms with van der Waals surface area (Å²) in [5.74, 6) is 1.30. The molecule has 0 radical (unpaired) electrons. The van der Waals surface area contributed by atoms with Crippen molar-refractivity contribution in [1.29, 1.82) is 0 Å². The first-order chi connectivity index (χ1) is 12.5. The van der Waals surface area contributed by atoms with Crippen LogP contribution >= 0.6 is 23.2 Å². The van der Waals surface area contributed by atoms with Gasteiger partial charge in [-0.25, -0.2) is 0 Å². The maximum Gasteiger partial charge on any atom is 0.253 e. The number of hydrogen-bond donors (Lipinski definition) is 0. The summed E-state index contributed by atoms with van der Waals surface area (Å²) in [6.07, 6.45) is 0. The highest BCUT2D eigenvalue weighted by atomic mass is 35.5. The number of methoxy groups -OCH3 is 2. The molecule has 0 saturated carbocycles. The van der Waals surface area contributed by atoms with Crippen molar-refractivity contribution in [3.05, 3.63) is 52.0 Å². The molecular weight excluding hydrogens is 375 g/mol. The van der Waals surface area contributed by atoms with Crippen molar-refractivity contribution in [3.8, 4) is 11.5 Å². The fraction of sp³-hybridized carbons (Fsp3) is 0.316. The van der Waals surface area contributed by atoms with Crippen LogP contribution in [0, 0.1) is 0 Å². The van der Waals surface area contributed by atoms with Gasteiger partial charge in [0.15, 0.2) is 0 Å². The Morgan fingerprint density at radius 1 is 0.923 bits per heavy atom.